The van der Waals surface area contributed by atoms with Crippen LogP contribution < -0.4 is 5.48 Å². The molecule has 0 saturated carbocycles. The van der Waals surface area contributed by atoms with E-state index in [-0.39, 0.29) is 17.5 Å². The molecule has 0 atom stereocenters. The number of benzene rings is 2. The van der Waals surface area contributed by atoms with E-state index in [0.717, 1.165) is 18.2 Å². The van der Waals surface area contributed by atoms with Gasteiger partial charge in [0, 0.05) is 17.2 Å². The molecule has 0 aliphatic carbocycles. The van der Waals surface area contributed by atoms with Gasteiger partial charge in [-0.3, -0.25) is 10.0 Å². The number of carbonyl (C=O) groups excluding carboxylic acids is 1. The zero-order valence-corrected chi connectivity index (χ0v) is 10.2. The molecule has 0 bridgehead atoms. The predicted molar refractivity (Wildman–Crippen MR) is 65.4 cm³/mol. The number of hydrogen-bond donors (Lipinski definition) is 2. The number of amides is 1. The molecule has 20 heavy (non-hydrogen) atoms. The highest BCUT2D eigenvalue weighted by atomic mass is 19.1. The van der Waals surface area contributed by atoms with E-state index in [1.165, 1.54) is 17.6 Å². The van der Waals surface area contributed by atoms with E-state index in [1.54, 1.807) is 0 Å². The Morgan fingerprint density at radius 2 is 1.60 bits per heavy atom. The zero-order valence-electron chi connectivity index (χ0n) is 10.2. The van der Waals surface area contributed by atoms with Crippen LogP contribution in [0.3, 0.4) is 0 Å². The van der Waals surface area contributed by atoms with Crippen LogP contribution in [0.4, 0.5) is 13.2 Å². The lowest BCUT2D eigenvalue weighted by molar-refractivity contribution is -0.128. The van der Waals surface area contributed by atoms with Gasteiger partial charge in [-0.2, -0.15) is 0 Å². The maximum Gasteiger partial charge on any atom is 0.247 e. The molecule has 2 aromatic rings. The van der Waals surface area contributed by atoms with E-state index >= 15 is 0 Å². The molecule has 0 unspecified atom stereocenters. The number of carbonyl (C=O) groups is 1. The van der Waals surface area contributed by atoms with Crippen molar-refractivity contribution >= 4 is 5.91 Å². The van der Waals surface area contributed by atoms with Gasteiger partial charge >= 0.3 is 0 Å². The zero-order chi connectivity index (χ0) is 14.7. The lowest BCUT2D eigenvalue weighted by Gasteiger charge is -2.07. The average molecular weight is 281 g/mol. The monoisotopic (exact) mass is 281 g/mol. The molecule has 2 N–H and O–H groups in total. The minimum absolute atomic E-state index is 0.0318. The van der Waals surface area contributed by atoms with Crippen LogP contribution in [0.1, 0.15) is 5.56 Å². The summed E-state index contributed by atoms with van der Waals surface area (Å²) in [6, 6.07) is 6.63. The van der Waals surface area contributed by atoms with Gasteiger partial charge in [-0.15, -0.1) is 0 Å². The van der Waals surface area contributed by atoms with Crippen LogP contribution in [-0.2, 0) is 11.2 Å². The molecule has 0 fully saturated rings. The Kier molecular flexibility index (Phi) is 4.05. The Balaban J connectivity index is 2.36. The number of rotatable bonds is 3. The molecule has 0 aromatic heterocycles. The molecule has 0 heterocycles. The minimum atomic E-state index is -0.871. The van der Waals surface area contributed by atoms with Crippen LogP contribution in [0.5, 0.6) is 0 Å². The van der Waals surface area contributed by atoms with Gasteiger partial charge in [0.25, 0.3) is 0 Å². The van der Waals surface area contributed by atoms with Gasteiger partial charge in [-0.05, 0) is 23.8 Å². The number of nitrogens with one attached hydrogen (secondary N) is 1. The molecule has 0 saturated heterocycles. The second-order valence-corrected chi connectivity index (χ2v) is 4.15. The first kappa shape index (κ1) is 14.1. The quantitative estimate of drug-likeness (QED) is 0.671. The van der Waals surface area contributed by atoms with Gasteiger partial charge in [0.05, 0.1) is 6.42 Å². The summed E-state index contributed by atoms with van der Waals surface area (Å²) in [5.41, 5.74) is 1.65. The molecular formula is C14H10F3NO2. The Morgan fingerprint density at radius 3 is 2.15 bits per heavy atom. The van der Waals surface area contributed by atoms with Crippen LogP contribution >= 0.6 is 0 Å². The summed E-state index contributed by atoms with van der Waals surface area (Å²) in [5, 5.41) is 8.38. The molecule has 104 valence electrons. The number of hydrogen-bond acceptors (Lipinski definition) is 2. The largest absolute Gasteiger partial charge is 0.289 e. The maximum absolute atomic E-state index is 13.9. The average Bonchev–Trinajstić information content (AvgIpc) is 2.40. The highest BCUT2D eigenvalue weighted by Crippen LogP contribution is 2.26. The Bertz CT molecular complexity index is 659. The topological polar surface area (TPSA) is 49.3 Å². The van der Waals surface area contributed by atoms with Crippen molar-refractivity contribution in [1.29, 1.82) is 0 Å². The van der Waals surface area contributed by atoms with Crippen molar-refractivity contribution in [3.05, 3.63) is 59.4 Å². The highest BCUT2D eigenvalue weighted by Gasteiger charge is 2.12. The van der Waals surface area contributed by atoms with Gasteiger partial charge in [-0.25, -0.2) is 18.7 Å². The van der Waals surface area contributed by atoms with E-state index in [4.69, 9.17) is 5.21 Å². The van der Waals surface area contributed by atoms with Crippen molar-refractivity contribution in [2.75, 3.05) is 0 Å². The van der Waals surface area contributed by atoms with Crippen molar-refractivity contribution in [2.45, 2.75) is 6.42 Å². The second-order valence-electron chi connectivity index (χ2n) is 4.15. The maximum atomic E-state index is 13.9. The third-order valence-electron chi connectivity index (χ3n) is 2.74. The summed E-state index contributed by atoms with van der Waals surface area (Å²) in [7, 11) is 0. The fraction of sp³-hybridized carbons (Fsp3) is 0.0714. The fourth-order valence-corrected chi connectivity index (χ4v) is 1.82. The summed E-state index contributed by atoms with van der Waals surface area (Å²) in [6.45, 7) is 0. The van der Waals surface area contributed by atoms with Crippen molar-refractivity contribution in [3.8, 4) is 11.1 Å². The lowest BCUT2D eigenvalue weighted by atomic mass is 10.0. The van der Waals surface area contributed by atoms with Gasteiger partial charge in [0.2, 0.25) is 5.91 Å². The van der Waals surface area contributed by atoms with Crippen LogP contribution in [-0.4, -0.2) is 11.1 Å². The molecule has 0 aliphatic heterocycles. The van der Waals surface area contributed by atoms with Crippen LogP contribution in [0.25, 0.3) is 11.1 Å². The summed E-state index contributed by atoms with van der Waals surface area (Å²) >= 11 is 0. The lowest BCUT2D eigenvalue weighted by Crippen LogP contribution is -2.20. The van der Waals surface area contributed by atoms with E-state index < -0.39 is 23.4 Å². The first-order valence-electron chi connectivity index (χ1n) is 5.68. The highest BCUT2D eigenvalue weighted by molar-refractivity contribution is 5.77. The van der Waals surface area contributed by atoms with Gasteiger partial charge < -0.3 is 0 Å². The third-order valence-corrected chi connectivity index (χ3v) is 2.74. The molecule has 0 aliphatic rings. The fourth-order valence-electron chi connectivity index (χ4n) is 1.82. The smallest absolute Gasteiger partial charge is 0.247 e. The second kappa shape index (κ2) is 5.75. The molecule has 1 amide bonds. The van der Waals surface area contributed by atoms with E-state index in [2.05, 4.69) is 0 Å². The van der Waals surface area contributed by atoms with Crippen LogP contribution in [0, 0.1) is 17.5 Å². The summed E-state index contributed by atoms with van der Waals surface area (Å²) in [6.07, 6.45) is -0.209. The van der Waals surface area contributed by atoms with Crippen molar-refractivity contribution < 1.29 is 23.2 Å². The molecule has 0 radical (unpaired) electrons. The van der Waals surface area contributed by atoms with E-state index in [9.17, 15) is 18.0 Å². The molecule has 6 heteroatoms. The van der Waals surface area contributed by atoms with Crippen LogP contribution in [0.15, 0.2) is 36.4 Å². The van der Waals surface area contributed by atoms with E-state index in [1.807, 2.05) is 0 Å². The third kappa shape index (κ3) is 2.97. The van der Waals surface area contributed by atoms with Gasteiger partial charge in [0.15, 0.2) is 0 Å². The van der Waals surface area contributed by atoms with Crippen LogP contribution in [0.2, 0.25) is 0 Å². The summed E-state index contributed by atoms with van der Waals surface area (Å²) < 4.78 is 40.3. The van der Waals surface area contributed by atoms with Crippen molar-refractivity contribution in [2.24, 2.45) is 0 Å². The minimum Gasteiger partial charge on any atom is -0.289 e. The van der Waals surface area contributed by atoms with Gasteiger partial charge in [0.1, 0.15) is 17.5 Å². The van der Waals surface area contributed by atoms with E-state index in [0.29, 0.717) is 11.6 Å². The standard InChI is InChI=1S/C14H10F3NO2/c15-9-2-4-11(13(17)7-9)10-3-1-8(5-12(10)16)6-14(19)18-20/h1-5,7,20H,6H2,(H,18,19). The number of halogens is 3. The Hall–Kier alpha value is -2.34. The molecule has 3 nitrogen and oxygen atoms in total. The van der Waals surface area contributed by atoms with Crippen molar-refractivity contribution in [3.63, 3.8) is 0 Å². The Morgan fingerprint density at radius 1 is 1.00 bits per heavy atom. The molecule has 0 spiro atoms. The first-order valence-corrected chi connectivity index (χ1v) is 5.68. The number of hydroxylamine groups is 1. The summed E-state index contributed by atoms with van der Waals surface area (Å²) in [5.74, 6) is -3.04. The normalized spacial score (nSPS) is 10.4. The Labute approximate surface area is 112 Å². The van der Waals surface area contributed by atoms with Gasteiger partial charge in [-0.1, -0.05) is 12.1 Å². The first-order chi connectivity index (χ1) is 9.51. The SMILES string of the molecule is O=C(Cc1ccc(-c2ccc(F)cc2F)c(F)c1)NO. The molecule has 2 rings (SSSR count). The predicted octanol–water partition coefficient (Wildman–Crippen LogP) is 2.82. The molecular weight excluding hydrogens is 271 g/mol. The summed E-state index contributed by atoms with van der Waals surface area (Å²) in [4.78, 5) is 11.0. The molecule has 2 aromatic carbocycles. The van der Waals surface area contributed by atoms with Crippen molar-refractivity contribution in [1.82, 2.24) is 5.48 Å².